The number of carbonyl (C=O) groups excluding carboxylic acids is 2. The summed E-state index contributed by atoms with van der Waals surface area (Å²) >= 11 is 6.66. The van der Waals surface area contributed by atoms with Gasteiger partial charge in [-0.25, -0.2) is 4.39 Å². The van der Waals surface area contributed by atoms with E-state index in [1.54, 1.807) is 74.8 Å². The Labute approximate surface area is 356 Å². The van der Waals surface area contributed by atoms with Gasteiger partial charge >= 0.3 is 0 Å². The zero-order valence-electron chi connectivity index (χ0n) is 33.4. The highest BCUT2D eigenvalue weighted by Crippen LogP contribution is 2.46. The van der Waals surface area contributed by atoms with Crippen LogP contribution in [0.3, 0.4) is 0 Å². The maximum Gasteiger partial charge on any atom is 0.257 e. The van der Waals surface area contributed by atoms with Crippen LogP contribution in [0.15, 0.2) is 109 Å². The summed E-state index contributed by atoms with van der Waals surface area (Å²) in [6.07, 6.45) is 0.273. The van der Waals surface area contributed by atoms with Crippen molar-refractivity contribution >= 4 is 41.5 Å². The number of carbonyl (C=O) groups is 2. The number of methoxy groups -OCH3 is 3. The molecule has 312 valence electrons. The van der Waals surface area contributed by atoms with Gasteiger partial charge in [-0.2, -0.15) is 0 Å². The molecule has 2 amide bonds. The first-order valence-corrected chi connectivity index (χ1v) is 19.7. The summed E-state index contributed by atoms with van der Waals surface area (Å²) in [5.41, 5.74) is 4.02. The molecule has 0 unspecified atom stereocenters. The van der Waals surface area contributed by atoms with Gasteiger partial charge in [0.25, 0.3) is 5.91 Å². The Morgan fingerprint density at radius 1 is 0.814 bits per heavy atom. The molecule has 0 bridgehead atoms. The number of aryl methyl sites for hydroxylation is 1. The van der Waals surface area contributed by atoms with E-state index in [1.807, 2.05) is 30.3 Å². The van der Waals surface area contributed by atoms with Crippen molar-refractivity contribution < 1.29 is 37.7 Å². The highest BCUT2D eigenvalue weighted by Gasteiger charge is 2.39. The van der Waals surface area contributed by atoms with E-state index in [9.17, 15) is 14.0 Å². The number of rotatable bonds is 19. The lowest BCUT2D eigenvalue weighted by molar-refractivity contribution is -0.138. The molecule has 1 aliphatic heterocycles. The molecule has 0 saturated heterocycles. The molecule has 13 heteroatoms. The molecular weight excluding hydrogens is 796 g/mol. The van der Waals surface area contributed by atoms with E-state index < -0.39 is 29.8 Å². The summed E-state index contributed by atoms with van der Waals surface area (Å²) in [5.74, 6) is 0.627. The van der Waals surface area contributed by atoms with Crippen molar-refractivity contribution in [3.05, 3.63) is 148 Å². The number of amides is 2. The number of halogens is 3. The summed E-state index contributed by atoms with van der Waals surface area (Å²) in [5, 5.41) is 6.67. The van der Waals surface area contributed by atoms with E-state index in [-0.39, 0.29) is 31.9 Å². The molecule has 0 saturated carbocycles. The molecule has 5 aromatic rings. The number of fused-ring (bicyclic) bond motifs is 1. The van der Waals surface area contributed by atoms with Crippen LogP contribution in [0.5, 0.6) is 23.0 Å². The van der Waals surface area contributed by atoms with Gasteiger partial charge in [0, 0.05) is 39.9 Å². The first-order chi connectivity index (χ1) is 28.3. The maximum atomic E-state index is 14.7. The second-order valence-electron chi connectivity index (χ2n) is 13.8. The predicted octanol–water partition coefficient (Wildman–Crippen LogP) is 8.65. The second kappa shape index (κ2) is 22.2. The zero-order chi connectivity index (χ0) is 40.9. The number of benzene rings is 5. The third kappa shape index (κ3) is 11.7. The molecule has 59 heavy (non-hydrogen) atoms. The third-order valence-corrected chi connectivity index (χ3v) is 10.2. The van der Waals surface area contributed by atoms with Gasteiger partial charge in [-0.1, -0.05) is 72.3 Å². The third-order valence-electron chi connectivity index (χ3n) is 9.95. The van der Waals surface area contributed by atoms with Crippen LogP contribution >= 0.6 is 24.0 Å². The lowest BCUT2D eigenvalue weighted by Gasteiger charge is -2.26. The Morgan fingerprint density at radius 3 is 2.36 bits per heavy atom. The molecule has 1 heterocycles. The van der Waals surface area contributed by atoms with Gasteiger partial charge in [-0.3, -0.25) is 9.59 Å². The van der Waals surface area contributed by atoms with Crippen LogP contribution in [0.25, 0.3) is 0 Å². The van der Waals surface area contributed by atoms with Crippen LogP contribution in [0.2, 0.25) is 5.02 Å². The van der Waals surface area contributed by atoms with Crippen molar-refractivity contribution in [2.45, 2.75) is 51.0 Å². The molecule has 1 aliphatic rings. The standard InChI is InChI=1S/C46H49ClFN3O7.ClH/c1-54-35-21-19-33(41(27-35)55-2)30-51-39-22-20-34(47)26-37(39)44(58-42(46(51)53)28-43(52)50-29-32-15-7-8-17-38(32)48)36-16-9-18-40(45(36)56-3)57-25-11-24-49-23-10-14-31-12-5-4-6-13-31;/h4-9,12-13,15-22,26-27,42,44,49H,10-11,14,23-25,28-30H2,1-3H3,(H,50,52);1H/t42-,44-;/m1./s1. The molecule has 2 atom stereocenters. The largest absolute Gasteiger partial charge is 0.497 e. The molecule has 2 N–H and O–H groups in total. The van der Waals surface area contributed by atoms with Crippen molar-refractivity contribution in [3.63, 3.8) is 0 Å². The first-order valence-electron chi connectivity index (χ1n) is 19.3. The fraction of sp³-hybridized carbons (Fsp3) is 0.304. The summed E-state index contributed by atoms with van der Waals surface area (Å²) < 4.78 is 44.5. The van der Waals surface area contributed by atoms with Gasteiger partial charge in [0.05, 0.1) is 46.6 Å². The monoisotopic (exact) mass is 845 g/mol. The van der Waals surface area contributed by atoms with Gasteiger partial charge < -0.3 is 39.2 Å². The average molecular weight is 847 g/mol. The van der Waals surface area contributed by atoms with E-state index in [1.165, 1.54) is 11.6 Å². The Kier molecular flexibility index (Phi) is 16.8. The number of ether oxygens (including phenoxy) is 5. The lowest BCUT2D eigenvalue weighted by atomic mass is 9.97. The molecule has 0 radical (unpaired) electrons. The van der Waals surface area contributed by atoms with Crippen LogP contribution in [-0.4, -0.2) is 58.9 Å². The van der Waals surface area contributed by atoms with Crippen molar-refractivity contribution in [3.8, 4) is 23.0 Å². The van der Waals surface area contributed by atoms with E-state index in [0.717, 1.165) is 32.4 Å². The highest BCUT2D eigenvalue weighted by atomic mass is 35.5. The molecule has 10 nitrogen and oxygen atoms in total. The molecule has 6 rings (SSSR count). The van der Waals surface area contributed by atoms with Crippen molar-refractivity contribution in [1.29, 1.82) is 0 Å². The second-order valence-corrected chi connectivity index (χ2v) is 14.2. The normalized spacial score (nSPS) is 14.7. The van der Waals surface area contributed by atoms with Crippen LogP contribution in [0.4, 0.5) is 10.1 Å². The number of hydrogen-bond donors (Lipinski definition) is 2. The average Bonchev–Trinajstić information content (AvgIpc) is 3.35. The van der Waals surface area contributed by atoms with Crippen molar-refractivity contribution in [2.24, 2.45) is 0 Å². The molecule has 0 aromatic heterocycles. The molecule has 0 aliphatic carbocycles. The minimum absolute atomic E-state index is 0. The van der Waals surface area contributed by atoms with E-state index in [0.29, 0.717) is 62.6 Å². The number of nitrogens with zero attached hydrogens (tertiary/aromatic N) is 1. The topological polar surface area (TPSA) is 108 Å². The number of anilines is 1. The van der Waals surface area contributed by atoms with Gasteiger partial charge in [0.1, 0.15) is 29.5 Å². The molecule has 5 aromatic carbocycles. The van der Waals surface area contributed by atoms with Crippen LogP contribution in [-0.2, 0) is 33.8 Å². The maximum absolute atomic E-state index is 14.7. The van der Waals surface area contributed by atoms with E-state index in [4.69, 9.17) is 35.3 Å². The van der Waals surface area contributed by atoms with E-state index in [2.05, 4.69) is 34.9 Å². The predicted molar refractivity (Wildman–Crippen MR) is 230 cm³/mol. The Morgan fingerprint density at radius 2 is 1.59 bits per heavy atom. The summed E-state index contributed by atoms with van der Waals surface area (Å²) in [7, 11) is 4.66. The fourth-order valence-corrected chi connectivity index (χ4v) is 7.16. The Bertz CT molecular complexity index is 2160. The van der Waals surface area contributed by atoms with Gasteiger partial charge in [0.2, 0.25) is 5.91 Å². The Balaban J connectivity index is 0.00000661. The Hall–Kier alpha value is -5.33. The summed E-state index contributed by atoms with van der Waals surface area (Å²) in [6, 6.07) is 32.7. The van der Waals surface area contributed by atoms with Crippen LogP contribution in [0.1, 0.15) is 53.2 Å². The minimum atomic E-state index is -1.27. The summed E-state index contributed by atoms with van der Waals surface area (Å²) in [6.45, 7) is 2.13. The lowest BCUT2D eigenvalue weighted by Crippen LogP contribution is -2.41. The smallest absolute Gasteiger partial charge is 0.257 e. The van der Waals surface area contributed by atoms with Gasteiger partial charge in [-0.15, -0.1) is 12.4 Å². The SMILES string of the molecule is COc1ccc(CN2C(=O)[C@@H](CC(=O)NCc3ccccc3F)O[C@H](c3cccc(OCCCNCCCc4ccccc4)c3OC)c3cc(Cl)ccc32)c(OC)c1.Cl. The highest BCUT2D eigenvalue weighted by molar-refractivity contribution is 6.30. The molecule has 0 fully saturated rings. The fourth-order valence-electron chi connectivity index (χ4n) is 6.98. The number of para-hydroxylation sites is 1. The number of nitrogens with one attached hydrogen (secondary N) is 2. The number of hydrogen-bond acceptors (Lipinski definition) is 8. The van der Waals surface area contributed by atoms with E-state index >= 15 is 0 Å². The molecular formula is C46H50Cl2FN3O7. The van der Waals surface area contributed by atoms with Crippen LogP contribution in [0, 0.1) is 5.82 Å². The zero-order valence-corrected chi connectivity index (χ0v) is 35.0. The van der Waals surface area contributed by atoms with Crippen LogP contribution < -0.4 is 34.5 Å². The van der Waals surface area contributed by atoms with Gasteiger partial charge in [0.15, 0.2) is 11.5 Å². The van der Waals surface area contributed by atoms with Gasteiger partial charge in [-0.05, 0) is 80.4 Å². The molecule has 0 spiro atoms. The van der Waals surface area contributed by atoms with Crippen molar-refractivity contribution in [2.75, 3.05) is 45.9 Å². The minimum Gasteiger partial charge on any atom is -0.497 e. The van der Waals surface area contributed by atoms with Crippen molar-refractivity contribution in [1.82, 2.24) is 10.6 Å². The first kappa shape index (κ1) is 44.8. The summed E-state index contributed by atoms with van der Waals surface area (Å²) in [4.78, 5) is 29.8. The quantitative estimate of drug-likeness (QED) is 0.0797.